The normalized spacial score (nSPS) is 12.8. The summed E-state index contributed by atoms with van der Waals surface area (Å²) < 4.78 is 50.0. The van der Waals surface area contributed by atoms with Crippen molar-refractivity contribution in [1.82, 2.24) is 9.97 Å². The second kappa shape index (κ2) is 10.3. The molecule has 0 saturated carbocycles. The van der Waals surface area contributed by atoms with Gasteiger partial charge in [-0.15, -0.1) is 0 Å². The fraction of sp³-hybridized carbons (Fsp3) is 0.231. The third kappa shape index (κ3) is 4.99. The van der Waals surface area contributed by atoms with Gasteiger partial charge in [0.25, 0.3) is 0 Å². The first-order valence-electron chi connectivity index (χ1n) is 11.6. The van der Waals surface area contributed by atoms with Crippen molar-refractivity contribution in [2.45, 2.75) is 29.8 Å². The zero-order chi connectivity index (χ0) is 25.0. The number of rotatable bonds is 9. The molecule has 0 aliphatic carbocycles. The summed E-state index contributed by atoms with van der Waals surface area (Å²) in [6.45, 7) is 3.70. The lowest BCUT2D eigenvalue weighted by molar-refractivity contribution is 0.171. The highest BCUT2D eigenvalue weighted by atomic mass is 32.2. The lowest BCUT2D eigenvalue weighted by Gasteiger charge is -2.18. The average molecular weight is 508 g/mol. The van der Waals surface area contributed by atoms with Crippen molar-refractivity contribution in [3.63, 3.8) is 0 Å². The maximum absolute atomic E-state index is 13.7. The smallest absolute Gasteiger partial charge is 0.234 e. The molecule has 1 aliphatic rings. The molecule has 36 heavy (non-hydrogen) atoms. The predicted molar refractivity (Wildman–Crippen MR) is 132 cm³/mol. The molecule has 4 aromatic rings. The van der Waals surface area contributed by atoms with Crippen LogP contribution in [0.5, 0.6) is 17.2 Å². The van der Waals surface area contributed by atoms with Gasteiger partial charge in [-0.25, -0.2) is 8.42 Å². The minimum Gasteiger partial charge on any atom is -0.494 e. The highest BCUT2D eigenvalue weighted by Crippen LogP contribution is 2.37. The number of hydrogen-bond acceptors (Lipinski definition) is 9. The molecule has 9 nitrogen and oxygen atoms in total. The molecular weight excluding hydrogens is 482 g/mol. The minimum atomic E-state index is -4.06. The van der Waals surface area contributed by atoms with Gasteiger partial charge in [-0.1, -0.05) is 13.0 Å². The van der Waals surface area contributed by atoms with Crippen molar-refractivity contribution in [2.75, 3.05) is 25.1 Å². The number of fused-ring (bicyclic) bond motifs is 1. The highest BCUT2D eigenvalue weighted by molar-refractivity contribution is 7.91. The van der Waals surface area contributed by atoms with Crippen molar-refractivity contribution in [3.05, 3.63) is 72.6 Å². The number of sulfone groups is 1. The van der Waals surface area contributed by atoms with Gasteiger partial charge in [0.05, 0.1) is 11.5 Å². The summed E-state index contributed by atoms with van der Waals surface area (Å²) in [4.78, 5) is 8.52. The van der Waals surface area contributed by atoms with Crippen molar-refractivity contribution in [1.29, 1.82) is 0 Å². The van der Waals surface area contributed by atoms with Gasteiger partial charge in [-0.2, -0.15) is 4.98 Å². The van der Waals surface area contributed by atoms with Crippen molar-refractivity contribution in [3.8, 4) is 28.7 Å². The Morgan fingerprint density at radius 2 is 1.83 bits per heavy atom. The molecule has 0 radical (unpaired) electrons. The van der Waals surface area contributed by atoms with Gasteiger partial charge in [-0.05, 0) is 54.4 Å². The number of oxazole rings is 1. The van der Waals surface area contributed by atoms with Gasteiger partial charge in [-0.3, -0.25) is 4.98 Å². The van der Waals surface area contributed by atoms with Crippen LogP contribution in [0.4, 0.5) is 5.88 Å². The van der Waals surface area contributed by atoms with Crippen LogP contribution in [-0.2, 0) is 16.4 Å². The lowest BCUT2D eigenvalue weighted by atomic mass is 10.2. The molecule has 0 unspecified atom stereocenters. The fourth-order valence-corrected chi connectivity index (χ4v) is 4.92. The third-order valence-electron chi connectivity index (χ3n) is 5.42. The number of aromatic nitrogens is 2. The predicted octanol–water partition coefficient (Wildman–Crippen LogP) is 4.74. The largest absolute Gasteiger partial charge is 0.494 e. The van der Waals surface area contributed by atoms with Crippen molar-refractivity contribution < 1.29 is 27.0 Å². The first kappa shape index (κ1) is 23.7. The van der Waals surface area contributed by atoms with Crippen LogP contribution in [-0.4, -0.2) is 38.2 Å². The summed E-state index contributed by atoms with van der Waals surface area (Å²) >= 11 is 0. The number of nitrogens with zero attached hydrogens (tertiary/aromatic N) is 2. The van der Waals surface area contributed by atoms with Crippen molar-refractivity contribution >= 4 is 15.7 Å². The van der Waals surface area contributed by atoms with Gasteiger partial charge in [0.2, 0.25) is 26.6 Å². The Hall–Kier alpha value is -4.05. The maximum atomic E-state index is 13.7. The van der Waals surface area contributed by atoms with E-state index in [9.17, 15) is 8.42 Å². The van der Waals surface area contributed by atoms with Crippen LogP contribution < -0.4 is 19.5 Å². The SMILES string of the molecule is CCCOc1ccc(-c2nc(S(=O)(=O)c3ccc4c(c3)OCCO4)c(NCc3cccnc3)o2)cc1. The van der Waals surface area contributed by atoms with E-state index in [1.54, 1.807) is 48.8 Å². The number of anilines is 1. The second-order valence-electron chi connectivity index (χ2n) is 8.05. The van der Waals surface area contributed by atoms with E-state index in [1.807, 2.05) is 13.0 Å². The van der Waals surface area contributed by atoms with Crippen LogP contribution in [0.25, 0.3) is 11.5 Å². The number of hydrogen-bond donors (Lipinski definition) is 1. The Bertz CT molecular complexity index is 1440. The van der Waals surface area contributed by atoms with E-state index in [2.05, 4.69) is 15.3 Å². The van der Waals surface area contributed by atoms with E-state index in [0.717, 1.165) is 12.0 Å². The average Bonchev–Trinajstić information content (AvgIpc) is 3.36. The molecule has 0 atom stereocenters. The zero-order valence-electron chi connectivity index (χ0n) is 19.6. The molecule has 5 rings (SSSR count). The topological polar surface area (TPSA) is 113 Å². The minimum absolute atomic E-state index is 0.0272. The van der Waals surface area contributed by atoms with Crippen LogP contribution in [0.15, 0.2) is 81.3 Å². The van der Waals surface area contributed by atoms with Gasteiger partial charge < -0.3 is 23.9 Å². The van der Waals surface area contributed by atoms with Gasteiger partial charge in [0, 0.05) is 30.6 Å². The van der Waals surface area contributed by atoms with E-state index in [1.165, 1.54) is 12.1 Å². The van der Waals surface area contributed by atoms with Crippen LogP contribution >= 0.6 is 0 Å². The monoisotopic (exact) mass is 507 g/mol. The van der Waals surface area contributed by atoms with E-state index < -0.39 is 9.84 Å². The highest BCUT2D eigenvalue weighted by Gasteiger charge is 2.30. The number of nitrogens with one attached hydrogen (secondary N) is 1. The van der Waals surface area contributed by atoms with Gasteiger partial charge in [0.1, 0.15) is 19.0 Å². The molecule has 3 heterocycles. The number of ether oxygens (including phenoxy) is 3. The standard InChI is InChI=1S/C26H25N3O6S/c1-2-12-32-20-7-5-19(6-8-20)24-29-26(25(35-24)28-17-18-4-3-11-27-16-18)36(30,31)21-9-10-22-23(15-21)34-14-13-33-22/h3-11,15-16,28H,2,12-14,17H2,1H3. The third-order valence-corrected chi connectivity index (χ3v) is 7.08. The fourth-order valence-electron chi connectivity index (χ4n) is 3.62. The quantitative estimate of drug-likeness (QED) is 0.343. The molecule has 1 N–H and O–H groups in total. The first-order chi connectivity index (χ1) is 17.5. The van der Waals surface area contributed by atoms with Crippen LogP contribution in [0.1, 0.15) is 18.9 Å². The summed E-state index contributed by atoms with van der Waals surface area (Å²) in [5, 5.41) is 2.85. The molecule has 186 valence electrons. The maximum Gasteiger partial charge on any atom is 0.234 e. The Labute approximate surface area is 209 Å². The van der Waals surface area contributed by atoms with Crippen LogP contribution in [0, 0.1) is 0 Å². The second-order valence-corrected chi connectivity index (χ2v) is 9.91. The molecule has 2 aromatic heterocycles. The van der Waals surface area contributed by atoms with E-state index >= 15 is 0 Å². The Morgan fingerprint density at radius 3 is 2.58 bits per heavy atom. The molecule has 1 aliphatic heterocycles. The van der Waals surface area contributed by atoms with Gasteiger partial charge >= 0.3 is 0 Å². The molecular formula is C26H25N3O6S. The summed E-state index contributed by atoms with van der Waals surface area (Å²) in [7, 11) is -4.06. The summed E-state index contributed by atoms with van der Waals surface area (Å²) in [5.74, 6) is 1.79. The molecule has 0 fully saturated rings. The lowest BCUT2D eigenvalue weighted by Crippen LogP contribution is -2.16. The Morgan fingerprint density at radius 1 is 1.03 bits per heavy atom. The zero-order valence-corrected chi connectivity index (χ0v) is 20.5. The Balaban J connectivity index is 1.51. The van der Waals surface area contributed by atoms with E-state index in [4.69, 9.17) is 18.6 Å². The molecule has 0 bridgehead atoms. The number of benzene rings is 2. The van der Waals surface area contributed by atoms with E-state index in [-0.39, 0.29) is 21.7 Å². The van der Waals surface area contributed by atoms with Crippen LogP contribution in [0.2, 0.25) is 0 Å². The summed E-state index contributed by atoms with van der Waals surface area (Å²) in [5.41, 5.74) is 1.47. The first-order valence-corrected chi connectivity index (χ1v) is 13.0. The Kier molecular flexibility index (Phi) is 6.77. The molecule has 10 heteroatoms. The summed E-state index contributed by atoms with van der Waals surface area (Å²) in [6.07, 6.45) is 4.25. The van der Waals surface area contributed by atoms with Gasteiger partial charge in [0.15, 0.2) is 11.5 Å². The number of pyridine rings is 1. The summed E-state index contributed by atoms with van der Waals surface area (Å²) in [6, 6.07) is 15.3. The molecule has 0 saturated heterocycles. The van der Waals surface area contributed by atoms with Crippen LogP contribution in [0.3, 0.4) is 0 Å². The molecule has 2 aromatic carbocycles. The van der Waals surface area contributed by atoms with Crippen molar-refractivity contribution in [2.24, 2.45) is 0 Å². The molecule has 0 amide bonds. The van der Waals surface area contributed by atoms with E-state index in [0.29, 0.717) is 49.2 Å². The molecule has 0 spiro atoms.